The topological polar surface area (TPSA) is 121 Å². The van der Waals surface area contributed by atoms with Gasteiger partial charge in [0.15, 0.2) is 10.7 Å². The number of aliphatic hydroxyl groups is 1. The van der Waals surface area contributed by atoms with Crippen molar-refractivity contribution < 1.29 is 19.6 Å². The van der Waals surface area contributed by atoms with Crippen molar-refractivity contribution in [2.45, 2.75) is 19.4 Å². The number of rotatable bonds is 8. The summed E-state index contributed by atoms with van der Waals surface area (Å²) >= 11 is 1.21. The molecule has 0 aliphatic carbocycles. The number of aromatic nitrogens is 2. The minimum Gasteiger partial charge on any atom is -0.503 e. The number of imidazole rings is 1. The Morgan fingerprint density at radius 2 is 1.89 bits per heavy atom. The molecule has 1 aliphatic rings. The summed E-state index contributed by atoms with van der Waals surface area (Å²) in [5, 5.41) is 22.1. The Hall–Kier alpha value is -4.09. The lowest BCUT2D eigenvalue weighted by Gasteiger charge is -2.27. The van der Waals surface area contributed by atoms with Crippen molar-refractivity contribution in [3.63, 3.8) is 0 Å². The Balaban J connectivity index is 1.59. The van der Waals surface area contributed by atoms with Crippen LogP contribution in [0, 0.1) is 17.0 Å². The van der Waals surface area contributed by atoms with Gasteiger partial charge in [-0.15, -0.1) is 0 Å². The Bertz CT molecular complexity index is 1580. The van der Waals surface area contributed by atoms with Gasteiger partial charge in [0.2, 0.25) is 5.78 Å². The molecule has 0 saturated carbocycles. The van der Waals surface area contributed by atoms with Gasteiger partial charge < -0.3 is 14.9 Å². The molecule has 11 heteroatoms. The quantitative estimate of drug-likeness (QED) is 0.209. The number of thiazole rings is 1. The van der Waals surface area contributed by atoms with E-state index in [-0.39, 0.29) is 11.3 Å². The second-order valence-corrected chi connectivity index (χ2v) is 10.2. The maximum absolute atomic E-state index is 14.0. The standard InChI is InChI=1S/C26H25N5O5S/c1-15-24(37-26-27-18-7-4-5-8-19(18)30(15)26)22(32)20-21(16-9-11-17(12-10-16)31(35)36)29(25(34)23(20)33)14-6-13-28(2)3/h4-5,7-12,21,33H,6,13-14H2,1-3H3. The van der Waals surface area contributed by atoms with Crippen LogP contribution in [0.1, 0.15) is 33.4 Å². The predicted octanol–water partition coefficient (Wildman–Crippen LogP) is 4.30. The van der Waals surface area contributed by atoms with E-state index in [9.17, 15) is 24.8 Å². The third-order valence-electron chi connectivity index (χ3n) is 6.57. The van der Waals surface area contributed by atoms with E-state index in [0.29, 0.717) is 40.6 Å². The van der Waals surface area contributed by atoms with Crippen LogP contribution in [-0.2, 0) is 4.79 Å². The first-order valence-corrected chi connectivity index (χ1v) is 12.5. The molecule has 37 heavy (non-hydrogen) atoms. The summed E-state index contributed by atoms with van der Waals surface area (Å²) in [7, 11) is 3.84. The van der Waals surface area contributed by atoms with Crippen LogP contribution in [-0.4, -0.2) is 68.1 Å². The van der Waals surface area contributed by atoms with Crippen molar-refractivity contribution >= 4 is 44.7 Å². The Morgan fingerprint density at radius 1 is 1.19 bits per heavy atom. The Morgan fingerprint density at radius 3 is 2.57 bits per heavy atom. The van der Waals surface area contributed by atoms with Crippen molar-refractivity contribution in [1.29, 1.82) is 0 Å². The molecule has 0 radical (unpaired) electrons. The molecule has 5 rings (SSSR count). The fourth-order valence-corrected chi connectivity index (χ4v) is 5.89. The molecular weight excluding hydrogens is 494 g/mol. The highest BCUT2D eigenvalue weighted by Crippen LogP contribution is 2.41. The summed E-state index contributed by atoms with van der Waals surface area (Å²) in [5.41, 5.74) is 2.73. The van der Waals surface area contributed by atoms with E-state index in [4.69, 9.17) is 0 Å². The zero-order valence-electron chi connectivity index (χ0n) is 20.5. The largest absolute Gasteiger partial charge is 0.503 e. The lowest BCUT2D eigenvalue weighted by molar-refractivity contribution is -0.384. The zero-order valence-corrected chi connectivity index (χ0v) is 21.4. The molecule has 3 heterocycles. The lowest BCUT2D eigenvalue weighted by atomic mass is 9.94. The Kier molecular flexibility index (Phi) is 6.26. The number of carbonyl (C=O) groups is 2. The normalized spacial score (nSPS) is 16.1. The molecule has 0 saturated heterocycles. The molecule has 4 aromatic rings. The van der Waals surface area contributed by atoms with Gasteiger partial charge in [0.1, 0.15) is 0 Å². The maximum atomic E-state index is 14.0. The minimum absolute atomic E-state index is 0.0272. The molecule has 2 aromatic heterocycles. The number of Topliss-reactive ketones (excluding diaryl/α,β-unsaturated/α-hetero) is 1. The SMILES string of the molecule is Cc1c(C(=O)C2=C(O)C(=O)N(CCCN(C)C)C2c2ccc([N+](=O)[O-])cc2)sc2nc3ccccc3n12. The van der Waals surface area contributed by atoms with E-state index in [2.05, 4.69) is 4.98 Å². The number of nitro groups is 1. The number of nitro benzene ring substituents is 1. The molecule has 190 valence electrons. The smallest absolute Gasteiger partial charge is 0.290 e. The van der Waals surface area contributed by atoms with Gasteiger partial charge in [-0.1, -0.05) is 23.5 Å². The molecule has 2 aromatic carbocycles. The monoisotopic (exact) mass is 519 g/mol. The fourth-order valence-electron chi connectivity index (χ4n) is 4.79. The first-order chi connectivity index (χ1) is 17.7. The molecule has 0 bridgehead atoms. The average Bonchev–Trinajstić information content (AvgIpc) is 3.48. The van der Waals surface area contributed by atoms with Gasteiger partial charge in [0.25, 0.3) is 11.6 Å². The van der Waals surface area contributed by atoms with Gasteiger partial charge in [-0.25, -0.2) is 4.98 Å². The average molecular weight is 520 g/mol. The highest BCUT2D eigenvalue weighted by atomic mass is 32.1. The molecule has 1 amide bonds. The van der Waals surface area contributed by atoms with Crippen LogP contribution in [0.15, 0.2) is 59.9 Å². The summed E-state index contributed by atoms with van der Waals surface area (Å²) in [4.78, 5) is 46.9. The molecule has 10 nitrogen and oxygen atoms in total. The number of para-hydroxylation sites is 2. The van der Waals surface area contributed by atoms with Crippen LogP contribution in [0.2, 0.25) is 0 Å². The van der Waals surface area contributed by atoms with Crippen LogP contribution in [0.3, 0.4) is 0 Å². The van der Waals surface area contributed by atoms with Crippen LogP contribution in [0.5, 0.6) is 0 Å². The number of aliphatic hydroxyl groups excluding tert-OH is 1. The molecule has 0 spiro atoms. The van der Waals surface area contributed by atoms with Gasteiger partial charge in [-0.3, -0.25) is 24.1 Å². The van der Waals surface area contributed by atoms with E-state index in [1.807, 2.05) is 54.6 Å². The highest BCUT2D eigenvalue weighted by Gasteiger charge is 2.44. The number of hydrogen-bond donors (Lipinski definition) is 1. The van der Waals surface area contributed by atoms with Gasteiger partial charge in [-0.05, 0) is 63.8 Å². The molecule has 1 N–H and O–H groups in total. The molecule has 1 atom stereocenters. The van der Waals surface area contributed by atoms with Gasteiger partial charge in [0.05, 0.1) is 32.4 Å². The number of fused-ring (bicyclic) bond motifs is 3. The summed E-state index contributed by atoms with van der Waals surface area (Å²) < 4.78 is 1.90. The first kappa shape index (κ1) is 24.6. The van der Waals surface area contributed by atoms with Crippen LogP contribution < -0.4 is 0 Å². The summed E-state index contributed by atoms with van der Waals surface area (Å²) in [6.07, 6.45) is 0.620. The van der Waals surface area contributed by atoms with E-state index >= 15 is 0 Å². The zero-order chi connectivity index (χ0) is 26.4. The van der Waals surface area contributed by atoms with Gasteiger partial charge in [-0.2, -0.15) is 0 Å². The van der Waals surface area contributed by atoms with Gasteiger partial charge in [0, 0.05) is 24.4 Å². The summed E-state index contributed by atoms with van der Waals surface area (Å²) in [6.45, 7) is 2.82. The first-order valence-electron chi connectivity index (χ1n) is 11.7. The Labute approximate surface area is 216 Å². The van der Waals surface area contributed by atoms with Crippen LogP contribution >= 0.6 is 11.3 Å². The summed E-state index contributed by atoms with van der Waals surface area (Å²) in [6, 6.07) is 12.5. The number of hydrogen-bond acceptors (Lipinski definition) is 8. The predicted molar refractivity (Wildman–Crippen MR) is 140 cm³/mol. The number of nitrogens with zero attached hydrogens (tertiary/aromatic N) is 5. The number of ketones is 1. The summed E-state index contributed by atoms with van der Waals surface area (Å²) in [5.74, 6) is -1.68. The lowest BCUT2D eigenvalue weighted by Crippen LogP contribution is -2.33. The van der Waals surface area contributed by atoms with E-state index < -0.39 is 28.4 Å². The minimum atomic E-state index is -0.867. The molecular formula is C26H25N5O5S. The molecule has 1 unspecified atom stereocenters. The third kappa shape index (κ3) is 4.15. The van der Waals surface area contributed by atoms with Crippen LogP contribution in [0.25, 0.3) is 16.0 Å². The van der Waals surface area contributed by atoms with Crippen molar-refractivity contribution in [2.24, 2.45) is 0 Å². The molecule has 1 aliphatic heterocycles. The second-order valence-electron chi connectivity index (χ2n) is 9.23. The number of aryl methyl sites for hydroxylation is 1. The van der Waals surface area contributed by atoms with Crippen molar-refractivity contribution in [3.05, 3.63) is 86.1 Å². The highest BCUT2D eigenvalue weighted by molar-refractivity contribution is 7.19. The van der Waals surface area contributed by atoms with Crippen molar-refractivity contribution in [2.75, 3.05) is 27.2 Å². The number of non-ortho nitro benzene ring substituents is 1. The number of carbonyl (C=O) groups excluding carboxylic acids is 2. The van der Waals surface area contributed by atoms with Gasteiger partial charge >= 0.3 is 0 Å². The van der Waals surface area contributed by atoms with E-state index in [1.165, 1.54) is 40.5 Å². The van der Waals surface area contributed by atoms with Crippen LogP contribution in [0.4, 0.5) is 5.69 Å². The van der Waals surface area contributed by atoms with Crippen molar-refractivity contribution in [1.82, 2.24) is 19.2 Å². The maximum Gasteiger partial charge on any atom is 0.290 e. The number of amides is 1. The number of benzene rings is 2. The fraction of sp³-hybridized carbons (Fsp3) is 0.269. The van der Waals surface area contributed by atoms with E-state index in [0.717, 1.165) is 11.0 Å². The van der Waals surface area contributed by atoms with E-state index in [1.54, 1.807) is 0 Å². The third-order valence-corrected chi connectivity index (χ3v) is 7.71. The van der Waals surface area contributed by atoms with Crippen molar-refractivity contribution in [3.8, 4) is 0 Å². The second kappa shape index (κ2) is 9.41. The molecule has 0 fully saturated rings.